The highest BCUT2D eigenvalue weighted by molar-refractivity contribution is 6.99. The van der Waals surface area contributed by atoms with Crippen LogP contribution >= 0.6 is 0 Å². The largest absolute Gasteiger partial charge is 0.485 e. The second kappa shape index (κ2) is 10.6. The monoisotopic (exact) mass is 468 g/mol. The van der Waals surface area contributed by atoms with E-state index < -0.39 is 26.5 Å². The van der Waals surface area contributed by atoms with Gasteiger partial charge in [-0.2, -0.15) is 4.39 Å². The second-order valence-electron chi connectivity index (χ2n) is 8.64. The Labute approximate surface area is 194 Å². The first-order valence-corrected chi connectivity index (χ1v) is 12.6. The molecule has 2 N–H and O–H groups in total. The molecule has 6 nitrogen and oxygen atoms in total. The Bertz CT molecular complexity index is 1010. The lowest BCUT2D eigenvalue weighted by Crippen LogP contribution is -2.67. The van der Waals surface area contributed by atoms with Crippen LogP contribution in [0.15, 0.2) is 79.0 Å². The van der Waals surface area contributed by atoms with Gasteiger partial charge in [0, 0.05) is 6.20 Å². The maximum atomic E-state index is 13.9. The fourth-order valence-corrected chi connectivity index (χ4v) is 8.51. The summed E-state index contributed by atoms with van der Waals surface area (Å²) in [6, 6.07) is 23.1. The SMILES string of the molecule is CC(C)(C)[Si](OCC(COc1cccnc1F)OC(N)=O)(c1ccccc1)c1ccccc1. The van der Waals surface area contributed by atoms with E-state index in [-0.39, 0.29) is 24.0 Å². The Hall–Kier alpha value is -3.23. The predicted octanol–water partition coefficient (Wildman–Crippen LogP) is 3.64. The molecule has 0 aliphatic rings. The molecule has 2 aromatic carbocycles. The van der Waals surface area contributed by atoms with Crippen molar-refractivity contribution >= 4 is 24.8 Å². The van der Waals surface area contributed by atoms with Gasteiger partial charge in [-0.3, -0.25) is 0 Å². The molecule has 0 spiro atoms. The zero-order valence-electron chi connectivity index (χ0n) is 19.0. The normalized spacial score (nSPS) is 12.7. The number of nitrogens with zero attached hydrogens (tertiary/aromatic N) is 1. The van der Waals surface area contributed by atoms with Gasteiger partial charge in [-0.05, 0) is 27.5 Å². The molecule has 8 heteroatoms. The number of pyridine rings is 1. The number of hydrogen-bond donors (Lipinski definition) is 1. The van der Waals surface area contributed by atoms with E-state index in [1.807, 2.05) is 36.4 Å². The summed E-state index contributed by atoms with van der Waals surface area (Å²) in [7, 11) is -2.86. The van der Waals surface area contributed by atoms with Crippen LogP contribution in [0.5, 0.6) is 5.75 Å². The Balaban J connectivity index is 1.93. The van der Waals surface area contributed by atoms with Crippen LogP contribution in [0.2, 0.25) is 5.04 Å². The lowest BCUT2D eigenvalue weighted by atomic mass is 10.2. The Kier molecular flexibility index (Phi) is 7.83. The van der Waals surface area contributed by atoms with E-state index in [0.717, 1.165) is 10.4 Å². The van der Waals surface area contributed by atoms with Crippen molar-refractivity contribution in [3.05, 3.63) is 84.9 Å². The minimum atomic E-state index is -2.86. The average Bonchev–Trinajstić information content (AvgIpc) is 2.79. The number of aromatic nitrogens is 1. The topological polar surface area (TPSA) is 83.7 Å². The van der Waals surface area contributed by atoms with Gasteiger partial charge in [0.05, 0.1) is 6.61 Å². The second-order valence-corrected chi connectivity index (χ2v) is 12.9. The highest BCUT2D eigenvalue weighted by Crippen LogP contribution is 2.36. The van der Waals surface area contributed by atoms with E-state index in [1.165, 1.54) is 12.3 Å². The summed E-state index contributed by atoms with van der Waals surface area (Å²) in [5.74, 6) is -0.788. The van der Waals surface area contributed by atoms with Crippen molar-refractivity contribution in [2.75, 3.05) is 13.2 Å². The molecule has 0 saturated heterocycles. The number of primary amides is 1. The minimum absolute atomic E-state index is 0.0259. The Morgan fingerprint density at radius 2 is 1.55 bits per heavy atom. The lowest BCUT2D eigenvalue weighted by molar-refractivity contribution is 0.0368. The maximum Gasteiger partial charge on any atom is 0.404 e. The average molecular weight is 469 g/mol. The van der Waals surface area contributed by atoms with Crippen molar-refractivity contribution in [2.24, 2.45) is 5.73 Å². The van der Waals surface area contributed by atoms with Gasteiger partial charge in [-0.15, -0.1) is 0 Å². The van der Waals surface area contributed by atoms with Gasteiger partial charge >= 0.3 is 6.09 Å². The number of amides is 1. The Morgan fingerprint density at radius 1 is 0.970 bits per heavy atom. The van der Waals surface area contributed by atoms with Gasteiger partial charge in [0.25, 0.3) is 14.3 Å². The van der Waals surface area contributed by atoms with Crippen molar-refractivity contribution in [3.63, 3.8) is 0 Å². The predicted molar refractivity (Wildman–Crippen MR) is 128 cm³/mol. The zero-order valence-corrected chi connectivity index (χ0v) is 20.0. The first-order valence-electron chi connectivity index (χ1n) is 10.7. The minimum Gasteiger partial charge on any atom is -0.485 e. The van der Waals surface area contributed by atoms with Crippen LogP contribution in [-0.4, -0.2) is 38.7 Å². The molecule has 0 fully saturated rings. The standard InChI is InChI=1S/C25H29FN2O4Si/c1-25(2,3)33(20-11-6-4-7-12-20,21-13-8-5-9-14-21)31-18-19(32-24(27)29)17-30-22-15-10-16-28-23(22)26/h4-16,19H,17-18H2,1-3H3,(H2,27,29). The molecule has 174 valence electrons. The van der Waals surface area contributed by atoms with Gasteiger partial charge in [0.15, 0.2) is 11.9 Å². The molecule has 0 aliphatic heterocycles. The number of carbonyl (C=O) groups excluding carboxylic acids is 1. The van der Waals surface area contributed by atoms with Crippen LogP contribution in [0.3, 0.4) is 0 Å². The number of rotatable bonds is 9. The van der Waals surface area contributed by atoms with Gasteiger partial charge < -0.3 is 19.6 Å². The molecular formula is C25H29FN2O4Si. The van der Waals surface area contributed by atoms with Crippen LogP contribution in [0.1, 0.15) is 20.8 Å². The number of benzene rings is 2. The molecule has 0 saturated carbocycles. The summed E-state index contributed by atoms with van der Waals surface area (Å²) in [6.45, 7) is 6.32. The van der Waals surface area contributed by atoms with Crippen LogP contribution in [0.4, 0.5) is 9.18 Å². The Morgan fingerprint density at radius 3 is 2.03 bits per heavy atom. The first-order chi connectivity index (χ1) is 15.7. The number of ether oxygens (including phenoxy) is 2. The molecule has 0 radical (unpaired) electrons. The summed E-state index contributed by atoms with van der Waals surface area (Å²) in [5, 5.41) is 1.91. The van der Waals surface area contributed by atoms with Crippen molar-refractivity contribution in [3.8, 4) is 5.75 Å². The molecule has 1 amide bonds. The van der Waals surface area contributed by atoms with Crippen molar-refractivity contribution in [2.45, 2.75) is 31.9 Å². The molecule has 3 rings (SSSR count). The number of nitrogens with two attached hydrogens (primary N) is 1. The van der Waals surface area contributed by atoms with Crippen molar-refractivity contribution in [1.82, 2.24) is 4.98 Å². The van der Waals surface area contributed by atoms with Gasteiger partial charge in [-0.25, -0.2) is 9.78 Å². The quantitative estimate of drug-likeness (QED) is 0.383. The first kappa shape index (κ1) is 24.4. The molecule has 1 unspecified atom stereocenters. The smallest absolute Gasteiger partial charge is 0.404 e. The van der Waals surface area contributed by atoms with Crippen molar-refractivity contribution in [1.29, 1.82) is 0 Å². The summed E-state index contributed by atoms with van der Waals surface area (Å²) in [6.07, 6.45) is -0.476. The highest BCUT2D eigenvalue weighted by Gasteiger charge is 2.50. The zero-order chi connectivity index (χ0) is 23.9. The third-order valence-corrected chi connectivity index (χ3v) is 10.3. The third kappa shape index (κ3) is 5.77. The molecule has 33 heavy (non-hydrogen) atoms. The summed E-state index contributed by atoms with van der Waals surface area (Å²) < 4.78 is 31.4. The molecule has 0 aliphatic carbocycles. The van der Waals surface area contributed by atoms with E-state index in [9.17, 15) is 9.18 Å². The van der Waals surface area contributed by atoms with Crippen LogP contribution < -0.4 is 20.8 Å². The molecule has 1 atom stereocenters. The van der Waals surface area contributed by atoms with Crippen LogP contribution in [0, 0.1) is 5.95 Å². The lowest BCUT2D eigenvalue weighted by Gasteiger charge is -2.43. The third-order valence-electron chi connectivity index (χ3n) is 5.33. The molecule has 1 aromatic heterocycles. The molecular weight excluding hydrogens is 439 g/mol. The molecule has 0 bridgehead atoms. The van der Waals surface area contributed by atoms with Gasteiger partial charge in [0.1, 0.15) is 6.61 Å². The molecule has 3 aromatic rings. The van der Waals surface area contributed by atoms with Gasteiger partial charge in [0.2, 0.25) is 0 Å². The number of carbonyl (C=O) groups is 1. The molecule has 1 heterocycles. The van der Waals surface area contributed by atoms with Crippen molar-refractivity contribution < 1.29 is 23.1 Å². The van der Waals surface area contributed by atoms with E-state index in [4.69, 9.17) is 19.6 Å². The summed E-state index contributed by atoms with van der Waals surface area (Å²) >= 11 is 0. The van der Waals surface area contributed by atoms with E-state index in [2.05, 4.69) is 50.0 Å². The highest BCUT2D eigenvalue weighted by atomic mass is 28.4. The number of halogens is 1. The summed E-state index contributed by atoms with van der Waals surface area (Å²) in [5.41, 5.74) is 5.29. The van der Waals surface area contributed by atoms with Crippen LogP contribution in [-0.2, 0) is 9.16 Å². The fourth-order valence-electron chi connectivity index (χ4n) is 3.92. The maximum absolute atomic E-state index is 13.9. The van der Waals surface area contributed by atoms with E-state index >= 15 is 0 Å². The number of hydrogen-bond acceptors (Lipinski definition) is 5. The van der Waals surface area contributed by atoms with E-state index in [1.54, 1.807) is 6.07 Å². The summed E-state index contributed by atoms with van der Waals surface area (Å²) in [4.78, 5) is 15.1. The van der Waals surface area contributed by atoms with E-state index in [0.29, 0.717) is 0 Å². The van der Waals surface area contributed by atoms with Crippen LogP contribution in [0.25, 0.3) is 0 Å². The van der Waals surface area contributed by atoms with Gasteiger partial charge in [-0.1, -0.05) is 81.4 Å². The fraction of sp³-hybridized carbons (Fsp3) is 0.280.